The minimum Gasteiger partial charge on any atom is -0.487 e. The van der Waals surface area contributed by atoms with E-state index in [9.17, 15) is 28.9 Å². The van der Waals surface area contributed by atoms with E-state index in [1.807, 2.05) is 0 Å². The van der Waals surface area contributed by atoms with Crippen molar-refractivity contribution >= 4 is 37.8 Å². The maximum absolute atomic E-state index is 15.7. The number of nitrogens with zero attached hydrogens (tertiary/aromatic N) is 3. The number of pyridine rings is 1. The van der Waals surface area contributed by atoms with Crippen LogP contribution in [0.25, 0.3) is 10.9 Å². The van der Waals surface area contributed by atoms with E-state index in [1.54, 1.807) is 16.4 Å². The van der Waals surface area contributed by atoms with Crippen LogP contribution in [-0.4, -0.2) is 98.5 Å². The van der Waals surface area contributed by atoms with Gasteiger partial charge in [-0.25, -0.2) is 28.7 Å². The lowest BCUT2D eigenvalue weighted by molar-refractivity contribution is -0.264. The molecule has 2 N–H and O–H groups in total. The average molecular weight is 671 g/mol. The van der Waals surface area contributed by atoms with Gasteiger partial charge in [-0.15, -0.1) is 18.7 Å². The SMILES string of the molecule is COOP(=O)(OOC)C(O)(CN1CCN(c2c(F)cc3c(=O)c(C(=O)O)cn4c3c2OCC4C)CC1)P(=O)(OOC)OOC. The summed E-state index contributed by atoms with van der Waals surface area (Å²) in [7, 11) is -6.43. The van der Waals surface area contributed by atoms with Crippen LogP contribution < -0.4 is 15.1 Å². The minimum absolute atomic E-state index is 0.0281. The summed E-state index contributed by atoms with van der Waals surface area (Å²) in [4.78, 5) is 45.5. The summed E-state index contributed by atoms with van der Waals surface area (Å²) in [6, 6.07) is 0.627. The molecule has 18 nitrogen and oxygen atoms in total. The first-order valence-electron chi connectivity index (χ1n) is 12.9. The van der Waals surface area contributed by atoms with E-state index in [1.165, 1.54) is 11.1 Å². The van der Waals surface area contributed by atoms with Gasteiger partial charge in [-0.05, 0) is 13.0 Å². The topological polar surface area (TPSA) is 203 Å². The Labute approximate surface area is 249 Å². The summed E-state index contributed by atoms with van der Waals surface area (Å²) in [5.41, 5.74) is -1.07. The van der Waals surface area contributed by atoms with Crippen LogP contribution in [-0.2, 0) is 47.4 Å². The second-order valence-electron chi connectivity index (χ2n) is 9.67. The Hall–Kier alpha value is -2.51. The molecule has 0 amide bonds. The molecule has 2 aliphatic rings. The van der Waals surface area contributed by atoms with Gasteiger partial charge < -0.3 is 24.4 Å². The fraction of sp³-hybridized carbons (Fsp3) is 0.565. The van der Waals surface area contributed by atoms with Crippen LogP contribution in [0.5, 0.6) is 5.75 Å². The average Bonchev–Trinajstić information content (AvgIpc) is 2.96. The molecule has 21 heteroatoms. The molecule has 1 aromatic carbocycles. The Morgan fingerprint density at radius 2 is 1.55 bits per heavy atom. The number of benzene rings is 1. The van der Waals surface area contributed by atoms with Crippen LogP contribution in [0.1, 0.15) is 23.3 Å². The number of carboxylic acid groups (broad SMARTS) is 1. The summed E-state index contributed by atoms with van der Waals surface area (Å²) in [6.45, 7) is 1.27. The predicted octanol–water partition coefficient (Wildman–Crippen LogP) is 2.26. The van der Waals surface area contributed by atoms with E-state index in [0.717, 1.165) is 34.5 Å². The van der Waals surface area contributed by atoms with E-state index in [-0.39, 0.29) is 61.2 Å². The monoisotopic (exact) mass is 671 g/mol. The standard InChI is InChI=1S/C23H32FN3O15P2/c1-14-12-38-21-18-15(20(28)16(22(29)30)11-27(14)18)10-17(24)19(21)26-8-6-25(7-9-26)13-23(31,43(32,39-34-2)40-35-3)44(33,41-36-4)42-37-5/h10-11,14,31H,6-9,12-13H2,1-5H3,(H,29,30). The summed E-state index contributed by atoms with van der Waals surface area (Å²) in [6.07, 6.45) is 1.22. The Morgan fingerprint density at radius 1 is 1.02 bits per heavy atom. The van der Waals surface area contributed by atoms with Gasteiger partial charge in [0.25, 0.3) is 5.08 Å². The number of rotatable bonds is 14. The molecular formula is C23H32FN3O15P2. The van der Waals surface area contributed by atoms with Crippen molar-refractivity contribution in [3.05, 3.63) is 33.9 Å². The van der Waals surface area contributed by atoms with Crippen molar-refractivity contribution in [1.82, 2.24) is 9.47 Å². The number of hydrogen-bond donors (Lipinski definition) is 2. The smallest absolute Gasteiger partial charge is 0.429 e. The molecule has 0 aliphatic carbocycles. The molecule has 1 unspecified atom stereocenters. The van der Waals surface area contributed by atoms with Crippen LogP contribution in [0.2, 0.25) is 0 Å². The number of aromatic nitrogens is 1. The van der Waals surface area contributed by atoms with Gasteiger partial charge in [-0.3, -0.25) is 18.8 Å². The van der Waals surface area contributed by atoms with Gasteiger partial charge >= 0.3 is 21.2 Å². The second kappa shape index (κ2) is 13.5. The van der Waals surface area contributed by atoms with Crippen molar-refractivity contribution in [2.24, 2.45) is 0 Å². The number of aromatic carboxylic acids is 1. The molecule has 4 rings (SSSR count). The largest absolute Gasteiger partial charge is 0.487 e. The fourth-order valence-electron chi connectivity index (χ4n) is 5.07. The van der Waals surface area contributed by atoms with Crippen LogP contribution in [0.4, 0.5) is 10.1 Å². The molecule has 44 heavy (non-hydrogen) atoms. The highest BCUT2D eigenvalue weighted by molar-refractivity contribution is 7.73. The Kier molecular flexibility index (Phi) is 10.5. The van der Waals surface area contributed by atoms with Crippen LogP contribution >= 0.6 is 15.2 Å². The number of aliphatic hydroxyl groups is 1. The summed E-state index contributed by atoms with van der Waals surface area (Å²) in [5.74, 6) is -2.19. The molecule has 2 aromatic rings. The maximum atomic E-state index is 15.7. The number of β-amino-alcohol motifs (C(OH)–C–C–N with tert-alkyl or cyclic N) is 1. The lowest BCUT2D eigenvalue weighted by Gasteiger charge is -2.42. The van der Waals surface area contributed by atoms with Gasteiger partial charge in [-0.2, -0.15) is 0 Å². The third-order valence-corrected chi connectivity index (χ3v) is 12.0. The highest BCUT2D eigenvalue weighted by atomic mass is 31.2. The molecule has 0 bridgehead atoms. The van der Waals surface area contributed by atoms with Crippen molar-refractivity contribution in [1.29, 1.82) is 0 Å². The number of piperazine rings is 1. The normalized spacial score (nSPS) is 18.1. The van der Waals surface area contributed by atoms with Gasteiger partial charge in [0.1, 0.15) is 17.9 Å². The first-order chi connectivity index (χ1) is 20.8. The zero-order valence-corrected chi connectivity index (χ0v) is 26.1. The molecule has 1 fully saturated rings. The van der Waals surface area contributed by atoms with Crippen LogP contribution in [0.3, 0.4) is 0 Å². The summed E-state index contributed by atoms with van der Waals surface area (Å²) in [5, 5.41) is 17.8. The van der Waals surface area contributed by atoms with Gasteiger partial charge in [0.15, 0.2) is 11.6 Å². The lowest BCUT2D eigenvalue weighted by Crippen LogP contribution is -2.52. The third kappa shape index (κ3) is 5.91. The van der Waals surface area contributed by atoms with E-state index >= 15 is 4.39 Å². The van der Waals surface area contributed by atoms with E-state index < -0.39 is 49.6 Å². The lowest BCUT2D eigenvalue weighted by atomic mass is 10.1. The zero-order chi connectivity index (χ0) is 32.4. The zero-order valence-electron chi connectivity index (χ0n) is 24.3. The van der Waals surface area contributed by atoms with Gasteiger partial charge in [0.05, 0.1) is 51.9 Å². The highest BCUT2D eigenvalue weighted by Crippen LogP contribution is 2.77. The first kappa shape index (κ1) is 34.4. The Balaban J connectivity index is 1.69. The fourth-order valence-corrected chi connectivity index (χ4v) is 8.73. The maximum Gasteiger partial charge on any atom is 0.429 e. The molecule has 246 valence electrons. The molecule has 3 heterocycles. The number of carbonyl (C=O) groups is 1. The first-order valence-corrected chi connectivity index (χ1v) is 16.0. The van der Waals surface area contributed by atoms with Crippen molar-refractivity contribution in [2.45, 2.75) is 18.0 Å². The summed E-state index contributed by atoms with van der Waals surface area (Å²) < 4.78 is 69.2. The molecule has 1 aromatic heterocycles. The molecule has 1 atom stereocenters. The van der Waals surface area contributed by atoms with E-state index in [0.29, 0.717) is 0 Å². The van der Waals surface area contributed by atoms with Crippen LogP contribution in [0, 0.1) is 5.82 Å². The van der Waals surface area contributed by atoms with Gasteiger partial charge in [0, 0.05) is 32.4 Å². The van der Waals surface area contributed by atoms with Gasteiger partial charge in [0.2, 0.25) is 5.43 Å². The molecule has 1 saturated heterocycles. The van der Waals surface area contributed by atoms with E-state index in [4.69, 9.17) is 23.4 Å². The number of anilines is 1. The molecule has 0 radical (unpaired) electrons. The highest BCUT2D eigenvalue weighted by Gasteiger charge is 2.69. The number of ether oxygens (including phenoxy) is 1. The molecule has 0 spiro atoms. The van der Waals surface area contributed by atoms with Crippen molar-refractivity contribution in [2.75, 3.05) is 72.7 Å². The number of hydrogen-bond acceptors (Lipinski definition) is 16. The van der Waals surface area contributed by atoms with E-state index in [2.05, 4.69) is 19.6 Å². The van der Waals surface area contributed by atoms with Crippen molar-refractivity contribution in [3.63, 3.8) is 0 Å². The number of carboxylic acids is 1. The second-order valence-corrected chi connectivity index (χ2v) is 14.1. The van der Waals surface area contributed by atoms with Crippen molar-refractivity contribution in [3.8, 4) is 5.75 Å². The summed E-state index contributed by atoms with van der Waals surface area (Å²) >= 11 is 0. The number of halogens is 1. The minimum atomic E-state index is -5.10. The molecule has 0 saturated carbocycles. The van der Waals surface area contributed by atoms with Crippen molar-refractivity contribution < 1.29 is 71.5 Å². The molecular weight excluding hydrogens is 639 g/mol. The third-order valence-electron chi connectivity index (χ3n) is 7.06. The van der Waals surface area contributed by atoms with Gasteiger partial charge in [-0.1, -0.05) is 0 Å². The quantitative estimate of drug-likeness (QED) is 0.168. The molecule has 2 aliphatic heterocycles. The Bertz CT molecular complexity index is 1500. The van der Waals surface area contributed by atoms with Crippen LogP contribution in [0.15, 0.2) is 17.1 Å². The Morgan fingerprint density at radius 3 is 2.02 bits per heavy atom. The predicted molar refractivity (Wildman–Crippen MR) is 147 cm³/mol.